The van der Waals surface area contributed by atoms with Gasteiger partial charge in [-0.1, -0.05) is 43.6 Å². The van der Waals surface area contributed by atoms with Gasteiger partial charge in [-0.3, -0.25) is 4.79 Å². The summed E-state index contributed by atoms with van der Waals surface area (Å²) >= 11 is 6.03. The molecule has 0 aliphatic carbocycles. The van der Waals surface area contributed by atoms with E-state index in [-0.39, 0.29) is 16.4 Å². The zero-order valence-corrected chi connectivity index (χ0v) is 13.6. The van der Waals surface area contributed by atoms with Crippen LogP contribution in [0.2, 0.25) is 5.15 Å². The molecule has 22 heavy (non-hydrogen) atoms. The van der Waals surface area contributed by atoms with Crippen LogP contribution in [0.25, 0.3) is 0 Å². The largest absolute Gasteiger partial charge is 0.347 e. The van der Waals surface area contributed by atoms with E-state index in [0.29, 0.717) is 5.56 Å². The van der Waals surface area contributed by atoms with Gasteiger partial charge in [0, 0.05) is 36.1 Å². The summed E-state index contributed by atoms with van der Waals surface area (Å²) in [6.07, 6.45) is 3.25. The van der Waals surface area contributed by atoms with Crippen molar-refractivity contribution in [2.24, 2.45) is 0 Å². The van der Waals surface area contributed by atoms with Crippen molar-refractivity contribution < 1.29 is 4.79 Å². The molecule has 1 aromatic heterocycles. The average Bonchev–Trinajstić information content (AvgIpc) is 2.69. The lowest BCUT2D eigenvalue weighted by molar-refractivity contribution is 0.104. The third-order valence-corrected chi connectivity index (χ3v) is 4.53. The highest BCUT2D eigenvalue weighted by molar-refractivity contribution is 6.33. The smallest absolute Gasteiger partial charge is 0.190 e. The molecule has 4 heteroatoms. The third-order valence-electron chi connectivity index (χ3n) is 4.23. The lowest BCUT2D eigenvalue weighted by Gasteiger charge is -2.24. The van der Waals surface area contributed by atoms with Crippen LogP contribution >= 0.6 is 11.6 Å². The molecule has 0 saturated carbocycles. The van der Waals surface area contributed by atoms with E-state index in [9.17, 15) is 4.79 Å². The van der Waals surface area contributed by atoms with Crippen molar-refractivity contribution in [2.45, 2.75) is 19.3 Å². The number of carbonyl (C=O) groups is 1. The fraction of sp³-hybridized carbons (Fsp3) is 0.222. The molecule has 1 aliphatic rings. The number of anilines is 1. The molecule has 2 heterocycles. The molecule has 2 aromatic rings. The Morgan fingerprint density at radius 3 is 2.64 bits per heavy atom. The fourth-order valence-corrected chi connectivity index (χ4v) is 3.24. The molecule has 0 atom stereocenters. The maximum absolute atomic E-state index is 12.6. The van der Waals surface area contributed by atoms with Crippen molar-refractivity contribution in [1.82, 2.24) is 4.98 Å². The van der Waals surface area contributed by atoms with Crippen LogP contribution in [-0.2, 0) is 5.41 Å². The van der Waals surface area contributed by atoms with Gasteiger partial charge in [0.15, 0.2) is 5.78 Å². The van der Waals surface area contributed by atoms with Crippen molar-refractivity contribution in [3.63, 3.8) is 0 Å². The number of aromatic nitrogens is 1. The molecule has 3 rings (SSSR count). The van der Waals surface area contributed by atoms with Gasteiger partial charge in [-0.2, -0.15) is 0 Å². The van der Waals surface area contributed by atoms with Gasteiger partial charge >= 0.3 is 0 Å². The molecule has 0 amide bonds. The van der Waals surface area contributed by atoms with Gasteiger partial charge in [-0.15, -0.1) is 0 Å². The molecule has 3 nitrogen and oxygen atoms in total. The summed E-state index contributed by atoms with van der Waals surface area (Å²) in [7, 11) is 1.98. The first-order valence-corrected chi connectivity index (χ1v) is 7.51. The Hall–Kier alpha value is -2.13. The van der Waals surface area contributed by atoms with E-state index in [0.717, 1.165) is 11.4 Å². The van der Waals surface area contributed by atoms with Gasteiger partial charge in [0.2, 0.25) is 0 Å². The van der Waals surface area contributed by atoms with Crippen LogP contribution in [0, 0.1) is 0 Å². The van der Waals surface area contributed by atoms with Crippen LogP contribution in [-0.4, -0.2) is 17.8 Å². The van der Waals surface area contributed by atoms with Crippen LogP contribution < -0.4 is 4.90 Å². The molecule has 0 spiro atoms. The molecule has 0 bridgehead atoms. The first-order chi connectivity index (χ1) is 10.4. The SMILES string of the molecule is CN1/C(=C/C(=O)c2cccnc2Cl)C(C)(C)c2ccccc21. The standard InChI is InChI=1S/C18H17ClN2O/c1-18(2)13-8-4-5-9-14(13)21(3)16(18)11-15(22)12-7-6-10-20-17(12)19/h4-11H,1-3H3/b16-11+. The summed E-state index contributed by atoms with van der Waals surface area (Å²) in [5, 5.41) is 0.236. The number of likely N-dealkylation sites (N-methyl/N-ethyl adjacent to an activating group) is 1. The van der Waals surface area contributed by atoms with Crippen LogP contribution in [0.5, 0.6) is 0 Å². The highest BCUT2D eigenvalue weighted by Gasteiger charge is 2.38. The second-order valence-corrected chi connectivity index (χ2v) is 6.29. The molecular formula is C18H17ClN2O. The molecule has 0 fully saturated rings. The summed E-state index contributed by atoms with van der Waals surface area (Å²) in [4.78, 5) is 18.6. The molecular weight excluding hydrogens is 296 g/mol. The number of ketones is 1. The number of hydrogen-bond acceptors (Lipinski definition) is 3. The number of nitrogens with zero attached hydrogens (tertiary/aromatic N) is 2. The number of allylic oxidation sites excluding steroid dienone is 2. The Morgan fingerprint density at radius 2 is 1.95 bits per heavy atom. The summed E-state index contributed by atoms with van der Waals surface area (Å²) in [5.74, 6) is -0.124. The normalized spacial score (nSPS) is 17.6. The van der Waals surface area contributed by atoms with Crippen molar-refractivity contribution in [3.05, 3.63) is 70.6 Å². The Labute approximate surface area is 135 Å². The van der Waals surface area contributed by atoms with Crippen molar-refractivity contribution in [2.75, 3.05) is 11.9 Å². The Bertz CT molecular complexity index is 780. The number of hydrogen-bond donors (Lipinski definition) is 0. The minimum Gasteiger partial charge on any atom is -0.347 e. The molecule has 0 saturated heterocycles. The average molecular weight is 313 g/mol. The predicted molar refractivity (Wildman–Crippen MR) is 89.5 cm³/mol. The van der Waals surface area contributed by atoms with E-state index in [1.165, 1.54) is 5.56 Å². The van der Waals surface area contributed by atoms with Crippen molar-refractivity contribution in [3.8, 4) is 0 Å². The van der Waals surface area contributed by atoms with Gasteiger partial charge in [0.1, 0.15) is 5.15 Å². The minimum atomic E-state index is -0.226. The highest BCUT2D eigenvalue weighted by atomic mass is 35.5. The second-order valence-electron chi connectivity index (χ2n) is 5.94. The quantitative estimate of drug-likeness (QED) is 0.473. The maximum atomic E-state index is 12.6. The van der Waals surface area contributed by atoms with Crippen molar-refractivity contribution >= 4 is 23.1 Å². The Balaban J connectivity index is 2.06. The summed E-state index contributed by atoms with van der Waals surface area (Å²) in [6.45, 7) is 4.25. The molecule has 0 radical (unpaired) electrons. The monoisotopic (exact) mass is 312 g/mol. The topological polar surface area (TPSA) is 33.2 Å². The van der Waals surface area contributed by atoms with Gasteiger partial charge in [0.25, 0.3) is 0 Å². The molecule has 112 valence electrons. The first kappa shape index (κ1) is 14.8. The number of fused-ring (bicyclic) bond motifs is 1. The highest BCUT2D eigenvalue weighted by Crippen LogP contribution is 2.46. The van der Waals surface area contributed by atoms with Crippen LogP contribution in [0.1, 0.15) is 29.8 Å². The van der Waals surface area contributed by atoms with Crippen LogP contribution in [0.3, 0.4) is 0 Å². The number of rotatable bonds is 2. The summed E-state index contributed by atoms with van der Waals surface area (Å²) < 4.78 is 0. The van der Waals surface area contributed by atoms with Gasteiger partial charge in [-0.25, -0.2) is 4.98 Å². The van der Waals surface area contributed by atoms with E-state index < -0.39 is 0 Å². The maximum Gasteiger partial charge on any atom is 0.190 e. The predicted octanol–water partition coefficient (Wildman–Crippen LogP) is 4.23. The van der Waals surface area contributed by atoms with Gasteiger partial charge in [-0.05, 0) is 23.8 Å². The van der Waals surface area contributed by atoms with E-state index in [2.05, 4.69) is 35.9 Å². The zero-order chi connectivity index (χ0) is 15.9. The van der Waals surface area contributed by atoms with Crippen LogP contribution in [0.4, 0.5) is 5.69 Å². The van der Waals surface area contributed by atoms with E-state index in [1.54, 1.807) is 24.4 Å². The fourth-order valence-electron chi connectivity index (χ4n) is 3.03. The van der Waals surface area contributed by atoms with Gasteiger partial charge < -0.3 is 4.90 Å². The van der Waals surface area contributed by atoms with Crippen LogP contribution in [0.15, 0.2) is 54.4 Å². The number of halogens is 1. The summed E-state index contributed by atoms with van der Waals surface area (Å²) in [6, 6.07) is 11.6. The zero-order valence-electron chi connectivity index (χ0n) is 12.8. The number of para-hydroxylation sites is 1. The molecule has 1 aromatic carbocycles. The lowest BCUT2D eigenvalue weighted by atomic mass is 9.83. The number of benzene rings is 1. The molecule has 1 aliphatic heterocycles. The van der Waals surface area contributed by atoms with E-state index in [4.69, 9.17) is 11.6 Å². The summed E-state index contributed by atoms with van der Waals surface area (Å²) in [5.41, 5.74) is 3.50. The number of carbonyl (C=O) groups excluding carboxylic acids is 1. The van der Waals surface area contributed by atoms with E-state index >= 15 is 0 Å². The lowest BCUT2D eigenvalue weighted by Crippen LogP contribution is -2.24. The Morgan fingerprint density at radius 1 is 1.23 bits per heavy atom. The molecule has 0 N–H and O–H groups in total. The van der Waals surface area contributed by atoms with Gasteiger partial charge in [0.05, 0.1) is 5.56 Å². The van der Waals surface area contributed by atoms with E-state index in [1.807, 2.05) is 19.2 Å². The second kappa shape index (κ2) is 5.25. The Kier molecular flexibility index (Phi) is 3.53. The first-order valence-electron chi connectivity index (χ1n) is 7.13. The molecule has 0 unspecified atom stereocenters. The number of pyridine rings is 1. The van der Waals surface area contributed by atoms with Crippen molar-refractivity contribution in [1.29, 1.82) is 0 Å². The minimum absolute atomic E-state index is 0.124. The third kappa shape index (κ3) is 2.22.